The minimum absolute atomic E-state index is 0.0538. The molecule has 1 aliphatic carbocycles. The number of Topliss-reactive ketones (excluding diaryl/α,β-unsaturated/α-hetero) is 1. The predicted molar refractivity (Wildman–Crippen MR) is 70.9 cm³/mol. The Morgan fingerprint density at radius 2 is 2.12 bits per heavy atom. The lowest BCUT2D eigenvalue weighted by atomic mass is 9.66. The second kappa shape index (κ2) is 5.09. The molecule has 0 aromatic rings. The quantitative estimate of drug-likeness (QED) is 0.817. The molecule has 2 aliphatic rings. The lowest BCUT2D eigenvalue weighted by Gasteiger charge is -2.37. The van der Waals surface area contributed by atoms with Crippen molar-refractivity contribution in [3.8, 4) is 0 Å². The third-order valence-corrected chi connectivity index (χ3v) is 5.09. The Hall–Kier alpha value is -0.370. The van der Waals surface area contributed by atoms with Crippen LogP contribution in [0.5, 0.6) is 0 Å². The van der Waals surface area contributed by atoms with E-state index in [1.807, 2.05) is 0 Å². The van der Waals surface area contributed by atoms with E-state index in [0.717, 1.165) is 38.3 Å². The van der Waals surface area contributed by atoms with Crippen LogP contribution in [0.3, 0.4) is 0 Å². The molecule has 1 heterocycles. The van der Waals surface area contributed by atoms with Crippen LogP contribution in [0.2, 0.25) is 0 Å². The first kappa shape index (κ1) is 13.1. The summed E-state index contributed by atoms with van der Waals surface area (Å²) in [5, 5.41) is 3.40. The van der Waals surface area contributed by atoms with E-state index in [2.05, 4.69) is 26.1 Å². The fourth-order valence-electron chi connectivity index (χ4n) is 3.78. The van der Waals surface area contributed by atoms with Crippen LogP contribution in [0.1, 0.15) is 52.9 Å². The van der Waals surface area contributed by atoms with Gasteiger partial charge in [-0.15, -0.1) is 0 Å². The van der Waals surface area contributed by atoms with Crippen molar-refractivity contribution in [2.24, 2.45) is 23.2 Å². The minimum Gasteiger partial charge on any atom is -0.316 e. The molecule has 0 aromatic carbocycles. The van der Waals surface area contributed by atoms with E-state index in [9.17, 15) is 4.79 Å². The Kier molecular flexibility index (Phi) is 3.92. The molecule has 3 unspecified atom stereocenters. The number of hydrogen-bond donors (Lipinski definition) is 1. The van der Waals surface area contributed by atoms with E-state index < -0.39 is 0 Å². The van der Waals surface area contributed by atoms with Gasteiger partial charge in [-0.3, -0.25) is 4.79 Å². The van der Waals surface area contributed by atoms with Crippen molar-refractivity contribution in [2.75, 3.05) is 13.1 Å². The van der Waals surface area contributed by atoms with E-state index >= 15 is 0 Å². The first-order valence-corrected chi connectivity index (χ1v) is 7.31. The van der Waals surface area contributed by atoms with Crippen LogP contribution < -0.4 is 5.32 Å². The number of carbonyl (C=O) groups is 1. The van der Waals surface area contributed by atoms with Gasteiger partial charge in [-0.25, -0.2) is 0 Å². The van der Waals surface area contributed by atoms with Gasteiger partial charge in [-0.05, 0) is 37.6 Å². The zero-order valence-corrected chi connectivity index (χ0v) is 11.6. The monoisotopic (exact) mass is 237 g/mol. The van der Waals surface area contributed by atoms with Crippen LogP contribution in [0.15, 0.2) is 0 Å². The molecule has 2 nitrogen and oxygen atoms in total. The Morgan fingerprint density at radius 1 is 1.35 bits per heavy atom. The molecule has 0 amide bonds. The third-order valence-electron chi connectivity index (χ3n) is 5.09. The van der Waals surface area contributed by atoms with Crippen molar-refractivity contribution in [3.63, 3.8) is 0 Å². The highest BCUT2D eigenvalue weighted by Crippen LogP contribution is 2.41. The third kappa shape index (κ3) is 2.42. The summed E-state index contributed by atoms with van der Waals surface area (Å²) in [7, 11) is 0. The van der Waals surface area contributed by atoms with Crippen molar-refractivity contribution >= 4 is 5.78 Å². The number of carbonyl (C=O) groups excluding carboxylic acids is 1. The summed E-state index contributed by atoms with van der Waals surface area (Å²) in [6.45, 7) is 8.67. The summed E-state index contributed by atoms with van der Waals surface area (Å²) >= 11 is 0. The number of hydrogen-bond acceptors (Lipinski definition) is 2. The summed E-state index contributed by atoms with van der Waals surface area (Å²) in [6.07, 6.45) is 5.88. The second-order valence-corrected chi connectivity index (χ2v) is 6.57. The van der Waals surface area contributed by atoms with Gasteiger partial charge in [0.25, 0.3) is 0 Å². The summed E-state index contributed by atoms with van der Waals surface area (Å²) in [5.41, 5.74) is -0.0538. The van der Waals surface area contributed by atoms with Crippen LogP contribution in [-0.4, -0.2) is 18.9 Å². The molecule has 0 radical (unpaired) electrons. The lowest BCUT2D eigenvalue weighted by Crippen LogP contribution is -2.43. The molecular weight excluding hydrogens is 210 g/mol. The van der Waals surface area contributed by atoms with Gasteiger partial charge in [-0.2, -0.15) is 0 Å². The molecular formula is C15H27NO. The highest BCUT2D eigenvalue weighted by Gasteiger charge is 2.46. The smallest absolute Gasteiger partial charge is 0.143 e. The summed E-state index contributed by atoms with van der Waals surface area (Å²) in [5.74, 6) is 2.14. The molecule has 1 N–H and O–H groups in total. The largest absolute Gasteiger partial charge is 0.316 e. The van der Waals surface area contributed by atoms with E-state index in [1.165, 1.54) is 12.8 Å². The van der Waals surface area contributed by atoms with Crippen LogP contribution in [-0.2, 0) is 4.79 Å². The molecule has 1 saturated carbocycles. The zero-order chi connectivity index (χ0) is 12.5. The van der Waals surface area contributed by atoms with Gasteiger partial charge in [0.2, 0.25) is 0 Å². The molecule has 0 aromatic heterocycles. The SMILES string of the molecule is CC1CCCC(C(=O)C2(C(C)C)CCNC2)C1. The molecule has 0 spiro atoms. The van der Waals surface area contributed by atoms with Crippen molar-refractivity contribution in [1.29, 1.82) is 0 Å². The van der Waals surface area contributed by atoms with Crippen LogP contribution in [0.25, 0.3) is 0 Å². The first-order chi connectivity index (χ1) is 8.06. The number of nitrogens with one attached hydrogen (secondary N) is 1. The van der Waals surface area contributed by atoms with E-state index in [4.69, 9.17) is 0 Å². The topological polar surface area (TPSA) is 29.1 Å². The average molecular weight is 237 g/mol. The van der Waals surface area contributed by atoms with Crippen LogP contribution in [0, 0.1) is 23.2 Å². The van der Waals surface area contributed by atoms with Gasteiger partial charge in [0, 0.05) is 17.9 Å². The fraction of sp³-hybridized carbons (Fsp3) is 0.933. The summed E-state index contributed by atoms with van der Waals surface area (Å²) < 4.78 is 0. The van der Waals surface area contributed by atoms with Crippen molar-refractivity contribution in [2.45, 2.75) is 52.9 Å². The first-order valence-electron chi connectivity index (χ1n) is 7.31. The van der Waals surface area contributed by atoms with E-state index in [1.54, 1.807) is 0 Å². The Bertz CT molecular complexity index is 279. The summed E-state index contributed by atoms with van der Waals surface area (Å²) in [6, 6.07) is 0. The molecule has 3 atom stereocenters. The van der Waals surface area contributed by atoms with Crippen LogP contribution in [0.4, 0.5) is 0 Å². The van der Waals surface area contributed by atoms with Gasteiger partial charge >= 0.3 is 0 Å². The van der Waals surface area contributed by atoms with Crippen LogP contribution >= 0.6 is 0 Å². The summed E-state index contributed by atoms with van der Waals surface area (Å²) in [4.78, 5) is 12.9. The number of rotatable bonds is 3. The molecule has 1 saturated heterocycles. The van der Waals surface area contributed by atoms with Crippen molar-refractivity contribution < 1.29 is 4.79 Å². The fourth-order valence-corrected chi connectivity index (χ4v) is 3.78. The lowest BCUT2D eigenvalue weighted by molar-refractivity contribution is -0.135. The van der Waals surface area contributed by atoms with Gasteiger partial charge in [-0.1, -0.05) is 33.6 Å². The molecule has 2 fully saturated rings. The van der Waals surface area contributed by atoms with Crippen molar-refractivity contribution in [3.05, 3.63) is 0 Å². The molecule has 1 aliphatic heterocycles. The highest BCUT2D eigenvalue weighted by molar-refractivity contribution is 5.88. The molecule has 17 heavy (non-hydrogen) atoms. The molecule has 98 valence electrons. The van der Waals surface area contributed by atoms with Gasteiger partial charge in [0.05, 0.1) is 0 Å². The normalized spacial score (nSPS) is 38.6. The number of ketones is 1. The van der Waals surface area contributed by atoms with Gasteiger partial charge in [0.1, 0.15) is 5.78 Å². The molecule has 0 bridgehead atoms. The Morgan fingerprint density at radius 3 is 2.65 bits per heavy atom. The van der Waals surface area contributed by atoms with Crippen molar-refractivity contribution in [1.82, 2.24) is 5.32 Å². The Balaban J connectivity index is 2.11. The minimum atomic E-state index is -0.0538. The van der Waals surface area contributed by atoms with Gasteiger partial charge in [0.15, 0.2) is 0 Å². The molecule has 2 rings (SSSR count). The zero-order valence-electron chi connectivity index (χ0n) is 11.6. The Labute approximate surface area is 106 Å². The maximum absolute atomic E-state index is 12.9. The standard InChI is InChI=1S/C15H27NO/c1-11(2)15(7-8-16-10-15)14(17)13-6-4-5-12(3)9-13/h11-13,16H,4-10H2,1-3H3. The van der Waals surface area contributed by atoms with Gasteiger partial charge < -0.3 is 5.32 Å². The highest BCUT2D eigenvalue weighted by atomic mass is 16.1. The predicted octanol–water partition coefficient (Wildman–Crippen LogP) is 3.02. The van der Waals surface area contributed by atoms with E-state index in [-0.39, 0.29) is 5.41 Å². The second-order valence-electron chi connectivity index (χ2n) is 6.57. The molecule has 2 heteroatoms. The van der Waals surface area contributed by atoms with E-state index in [0.29, 0.717) is 17.6 Å². The maximum atomic E-state index is 12.9. The maximum Gasteiger partial charge on any atom is 0.143 e. The average Bonchev–Trinajstić information content (AvgIpc) is 2.78.